The molecule has 196 valence electrons. The highest BCUT2D eigenvalue weighted by Crippen LogP contribution is 2.31. The molecule has 0 atom stereocenters. The van der Waals surface area contributed by atoms with E-state index in [1.54, 1.807) is 0 Å². The lowest BCUT2D eigenvalue weighted by atomic mass is 9.97. The van der Waals surface area contributed by atoms with Crippen LogP contribution in [-0.2, 0) is 13.0 Å². The minimum absolute atomic E-state index is 0.0861. The van der Waals surface area contributed by atoms with Gasteiger partial charge in [-0.3, -0.25) is 9.59 Å². The van der Waals surface area contributed by atoms with Gasteiger partial charge in [0.25, 0.3) is 11.5 Å². The van der Waals surface area contributed by atoms with Gasteiger partial charge < -0.3 is 19.7 Å². The number of ether oxygens (including phenoxy) is 1. The maximum atomic E-state index is 13.6. The Morgan fingerprint density at radius 2 is 1.66 bits per heavy atom. The molecule has 0 saturated carbocycles. The van der Waals surface area contributed by atoms with E-state index in [0.29, 0.717) is 10.8 Å². The number of aromatic nitrogens is 2. The molecule has 7 nitrogen and oxygen atoms in total. The van der Waals surface area contributed by atoms with E-state index >= 15 is 0 Å². The average Bonchev–Trinajstić information content (AvgIpc) is 2.91. The number of nitrogens with zero attached hydrogens (tertiary/aromatic N) is 2. The first-order valence-corrected chi connectivity index (χ1v) is 12.8. The van der Waals surface area contributed by atoms with Crippen LogP contribution in [0, 0.1) is 0 Å². The topological polar surface area (TPSA) is 95.5 Å². The quantitative estimate of drug-likeness (QED) is 0.297. The van der Waals surface area contributed by atoms with E-state index in [-0.39, 0.29) is 43.7 Å². The number of aliphatic hydroxyl groups is 1. The lowest BCUT2D eigenvalue weighted by Gasteiger charge is -2.26. The van der Waals surface area contributed by atoms with Crippen molar-refractivity contribution in [1.82, 2.24) is 14.9 Å². The molecular weight excluding hydrogens is 502 g/mol. The fourth-order valence-corrected chi connectivity index (χ4v) is 4.47. The van der Waals surface area contributed by atoms with Crippen molar-refractivity contribution in [3.63, 3.8) is 0 Å². The van der Waals surface area contributed by atoms with Crippen LogP contribution in [0.4, 0.5) is 0 Å². The number of aromatic amines is 1. The van der Waals surface area contributed by atoms with Crippen LogP contribution in [0.5, 0.6) is 5.75 Å². The van der Waals surface area contributed by atoms with Crippen molar-refractivity contribution in [2.24, 2.45) is 0 Å². The average molecular weight is 532 g/mol. The summed E-state index contributed by atoms with van der Waals surface area (Å²) < 4.78 is 5.86. The van der Waals surface area contributed by atoms with E-state index in [4.69, 9.17) is 16.3 Å². The van der Waals surface area contributed by atoms with Crippen LogP contribution in [0.3, 0.4) is 0 Å². The molecule has 0 bridgehead atoms. The summed E-state index contributed by atoms with van der Waals surface area (Å²) >= 11 is 6.47. The van der Waals surface area contributed by atoms with Gasteiger partial charge in [-0.25, -0.2) is 4.98 Å². The molecule has 3 aromatic carbocycles. The largest absolute Gasteiger partial charge is 0.481 e. The van der Waals surface area contributed by atoms with E-state index in [2.05, 4.69) is 9.97 Å². The zero-order valence-electron chi connectivity index (χ0n) is 21.4. The second-order valence-electron chi connectivity index (χ2n) is 9.09. The SMILES string of the molecule is CC(C)N(CCO)C(=O)c1nc(Cc2ccccc2-c2ccccc2Cl)[nH]c(=O)c1OCc1ccccc1. The molecule has 1 aromatic heterocycles. The molecular formula is C30H30ClN3O4. The highest BCUT2D eigenvalue weighted by molar-refractivity contribution is 6.33. The monoisotopic (exact) mass is 531 g/mol. The van der Waals surface area contributed by atoms with Crippen molar-refractivity contribution < 1.29 is 14.6 Å². The van der Waals surface area contributed by atoms with E-state index < -0.39 is 11.5 Å². The first kappa shape index (κ1) is 27.1. The Morgan fingerprint density at radius 1 is 1.00 bits per heavy atom. The lowest BCUT2D eigenvalue weighted by Crippen LogP contribution is -2.40. The Labute approximate surface area is 226 Å². The van der Waals surface area contributed by atoms with E-state index in [1.165, 1.54) is 4.90 Å². The standard InChI is InChI=1S/C30H30ClN3O4/c1-20(2)34(16-17-35)30(37)27-28(38-19-21-10-4-3-5-11-21)29(36)33-26(32-27)18-22-12-6-7-13-23(22)24-14-8-9-15-25(24)31/h3-15,20,35H,16-19H2,1-2H3,(H,32,33,36). The molecule has 1 heterocycles. The Bertz CT molecular complexity index is 1450. The van der Waals surface area contributed by atoms with Gasteiger partial charge in [-0.05, 0) is 36.6 Å². The van der Waals surface area contributed by atoms with Crippen LogP contribution < -0.4 is 10.3 Å². The maximum absolute atomic E-state index is 13.6. The van der Waals surface area contributed by atoms with Crippen LogP contribution in [0.25, 0.3) is 11.1 Å². The Hall–Kier alpha value is -3.94. The van der Waals surface area contributed by atoms with Gasteiger partial charge in [-0.15, -0.1) is 0 Å². The van der Waals surface area contributed by atoms with Crippen molar-refractivity contribution in [3.8, 4) is 16.9 Å². The third-order valence-corrected chi connectivity index (χ3v) is 6.45. The van der Waals surface area contributed by atoms with Crippen molar-refractivity contribution in [2.45, 2.75) is 32.9 Å². The predicted molar refractivity (Wildman–Crippen MR) is 149 cm³/mol. The summed E-state index contributed by atoms with van der Waals surface area (Å²) in [6.07, 6.45) is 0.261. The molecule has 0 aliphatic carbocycles. The molecule has 8 heteroatoms. The third kappa shape index (κ3) is 6.30. The van der Waals surface area contributed by atoms with Gasteiger partial charge in [0.05, 0.1) is 6.61 Å². The molecule has 2 N–H and O–H groups in total. The van der Waals surface area contributed by atoms with Crippen molar-refractivity contribution in [2.75, 3.05) is 13.2 Å². The Balaban J connectivity index is 1.75. The summed E-state index contributed by atoms with van der Waals surface area (Å²) in [6, 6.07) is 24.4. The number of carbonyl (C=O) groups excluding carboxylic acids is 1. The molecule has 0 fully saturated rings. The van der Waals surface area contributed by atoms with E-state index in [9.17, 15) is 14.7 Å². The summed E-state index contributed by atoms with van der Waals surface area (Å²) in [4.78, 5) is 35.7. The van der Waals surface area contributed by atoms with Crippen molar-refractivity contribution >= 4 is 17.5 Å². The number of carbonyl (C=O) groups is 1. The number of aliphatic hydroxyl groups excluding tert-OH is 1. The minimum atomic E-state index is -0.544. The third-order valence-electron chi connectivity index (χ3n) is 6.12. The fourth-order valence-electron chi connectivity index (χ4n) is 4.24. The first-order chi connectivity index (χ1) is 18.4. The van der Waals surface area contributed by atoms with Crippen molar-refractivity contribution in [3.05, 3.63) is 117 Å². The second-order valence-corrected chi connectivity index (χ2v) is 9.50. The molecule has 1 amide bonds. The fraction of sp³-hybridized carbons (Fsp3) is 0.233. The van der Waals surface area contributed by atoms with Crippen LogP contribution >= 0.6 is 11.6 Å². The molecule has 0 aliphatic rings. The normalized spacial score (nSPS) is 11.0. The van der Waals surface area contributed by atoms with Crippen LogP contribution in [0.2, 0.25) is 5.02 Å². The summed E-state index contributed by atoms with van der Waals surface area (Å²) in [5.41, 5.74) is 2.87. The number of rotatable bonds is 10. The summed E-state index contributed by atoms with van der Waals surface area (Å²) in [6.45, 7) is 3.67. The number of hydrogen-bond acceptors (Lipinski definition) is 5. The summed E-state index contributed by atoms with van der Waals surface area (Å²) in [5, 5.41) is 10.2. The molecule has 4 rings (SSSR count). The van der Waals surface area contributed by atoms with Gasteiger partial charge in [0, 0.05) is 29.6 Å². The van der Waals surface area contributed by atoms with Gasteiger partial charge in [-0.1, -0.05) is 84.4 Å². The number of amides is 1. The molecule has 0 saturated heterocycles. The molecule has 0 spiro atoms. The maximum Gasteiger partial charge on any atom is 0.294 e. The summed E-state index contributed by atoms with van der Waals surface area (Å²) in [5.74, 6) is -0.313. The van der Waals surface area contributed by atoms with Gasteiger partial charge in [0.2, 0.25) is 5.75 Å². The minimum Gasteiger partial charge on any atom is -0.481 e. The van der Waals surface area contributed by atoms with E-state index in [1.807, 2.05) is 92.7 Å². The molecule has 4 aromatic rings. The van der Waals surface area contributed by atoms with Gasteiger partial charge >= 0.3 is 0 Å². The highest BCUT2D eigenvalue weighted by Gasteiger charge is 2.27. The van der Waals surface area contributed by atoms with Crippen LogP contribution in [-0.4, -0.2) is 45.1 Å². The van der Waals surface area contributed by atoms with Crippen LogP contribution in [0.1, 0.15) is 41.3 Å². The smallest absolute Gasteiger partial charge is 0.294 e. The zero-order chi connectivity index (χ0) is 27.1. The molecule has 0 radical (unpaired) electrons. The number of nitrogens with one attached hydrogen (secondary N) is 1. The predicted octanol–water partition coefficient (Wildman–Crippen LogP) is 5.10. The number of benzene rings is 3. The van der Waals surface area contributed by atoms with Gasteiger partial charge in [0.15, 0.2) is 5.69 Å². The van der Waals surface area contributed by atoms with Crippen LogP contribution in [0.15, 0.2) is 83.7 Å². The molecule has 0 aliphatic heterocycles. The zero-order valence-corrected chi connectivity index (χ0v) is 22.1. The van der Waals surface area contributed by atoms with Crippen molar-refractivity contribution in [1.29, 1.82) is 0 Å². The van der Waals surface area contributed by atoms with E-state index in [0.717, 1.165) is 22.3 Å². The Kier molecular flexibility index (Phi) is 8.94. The summed E-state index contributed by atoms with van der Waals surface area (Å²) in [7, 11) is 0. The number of hydrogen-bond donors (Lipinski definition) is 2. The first-order valence-electron chi connectivity index (χ1n) is 12.4. The number of H-pyrrole nitrogens is 1. The molecule has 0 unspecified atom stereocenters. The molecule has 38 heavy (non-hydrogen) atoms. The van der Waals surface area contributed by atoms with Gasteiger partial charge in [-0.2, -0.15) is 0 Å². The second kappa shape index (κ2) is 12.5. The number of halogens is 1. The Morgan fingerprint density at radius 3 is 2.34 bits per heavy atom. The highest BCUT2D eigenvalue weighted by atomic mass is 35.5. The van der Waals surface area contributed by atoms with Gasteiger partial charge in [0.1, 0.15) is 12.4 Å². The lowest BCUT2D eigenvalue weighted by molar-refractivity contribution is 0.0653.